The van der Waals surface area contributed by atoms with E-state index in [0.717, 1.165) is 37.5 Å². The van der Waals surface area contributed by atoms with Gasteiger partial charge in [0, 0.05) is 31.6 Å². The number of aromatic nitrogens is 1. The SMILES string of the molecule is NCc1cc(OC2CCOCC2)ccn1. The van der Waals surface area contributed by atoms with E-state index in [1.165, 1.54) is 0 Å². The van der Waals surface area contributed by atoms with Crippen molar-refractivity contribution in [2.75, 3.05) is 13.2 Å². The van der Waals surface area contributed by atoms with Crippen molar-refractivity contribution in [3.05, 3.63) is 24.0 Å². The molecule has 1 fully saturated rings. The van der Waals surface area contributed by atoms with Crippen LogP contribution in [-0.4, -0.2) is 24.3 Å². The number of hydrogen-bond acceptors (Lipinski definition) is 4. The van der Waals surface area contributed by atoms with Crippen molar-refractivity contribution in [3.63, 3.8) is 0 Å². The Bertz CT molecular complexity index is 311. The van der Waals surface area contributed by atoms with E-state index in [1.807, 2.05) is 12.1 Å². The monoisotopic (exact) mass is 208 g/mol. The summed E-state index contributed by atoms with van der Waals surface area (Å²) in [4.78, 5) is 4.12. The van der Waals surface area contributed by atoms with Crippen molar-refractivity contribution >= 4 is 0 Å². The first kappa shape index (κ1) is 10.4. The third-order valence-corrected chi connectivity index (χ3v) is 2.47. The van der Waals surface area contributed by atoms with Gasteiger partial charge in [-0.25, -0.2) is 0 Å². The van der Waals surface area contributed by atoms with E-state index >= 15 is 0 Å². The summed E-state index contributed by atoms with van der Waals surface area (Å²) in [5.74, 6) is 0.859. The smallest absolute Gasteiger partial charge is 0.123 e. The van der Waals surface area contributed by atoms with Gasteiger partial charge in [-0.2, -0.15) is 0 Å². The molecule has 2 heterocycles. The van der Waals surface area contributed by atoms with E-state index in [0.29, 0.717) is 6.54 Å². The van der Waals surface area contributed by atoms with Gasteiger partial charge in [0.2, 0.25) is 0 Å². The Labute approximate surface area is 89.4 Å². The second-order valence-electron chi connectivity index (χ2n) is 3.62. The van der Waals surface area contributed by atoms with E-state index in [1.54, 1.807) is 6.20 Å². The summed E-state index contributed by atoms with van der Waals surface area (Å²) in [6.07, 6.45) is 3.92. The van der Waals surface area contributed by atoms with Crippen LogP contribution in [0.5, 0.6) is 5.75 Å². The molecular weight excluding hydrogens is 192 g/mol. The van der Waals surface area contributed by atoms with E-state index in [-0.39, 0.29) is 6.10 Å². The average molecular weight is 208 g/mol. The van der Waals surface area contributed by atoms with Crippen LogP contribution in [-0.2, 0) is 11.3 Å². The minimum Gasteiger partial charge on any atom is -0.490 e. The van der Waals surface area contributed by atoms with E-state index < -0.39 is 0 Å². The first-order valence-corrected chi connectivity index (χ1v) is 5.28. The Kier molecular flexibility index (Phi) is 3.53. The Hall–Kier alpha value is -1.13. The molecule has 0 bridgehead atoms. The minimum absolute atomic E-state index is 0.270. The number of nitrogens with two attached hydrogens (primary N) is 1. The molecule has 82 valence electrons. The van der Waals surface area contributed by atoms with Crippen molar-refractivity contribution in [1.82, 2.24) is 4.98 Å². The quantitative estimate of drug-likeness (QED) is 0.808. The Balaban J connectivity index is 1.96. The van der Waals surface area contributed by atoms with Crippen LogP contribution in [0.3, 0.4) is 0 Å². The van der Waals surface area contributed by atoms with Crippen LogP contribution in [0.25, 0.3) is 0 Å². The molecule has 4 nitrogen and oxygen atoms in total. The number of ether oxygens (including phenoxy) is 2. The normalized spacial score (nSPS) is 17.7. The molecule has 1 saturated heterocycles. The molecule has 1 aromatic heterocycles. The molecule has 4 heteroatoms. The summed E-state index contributed by atoms with van der Waals surface area (Å²) in [6.45, 7) is 2.03. The maximum atomic E-state index is 5.82. The summed E-state index contributed by atoms with van der Waals surface area (Å²) in [7, 11) is 0. The molecule has 0 atom stereocenters. The predicted octanol–water partition coefficient (Wildman–Crippen LogP) is 1.10. The van der Waals surface area contributed by atoms with Crippen LogP contribution in [0.4, 0.5) is 0 Å². The van der Waals surface area contributed by atoms with Crippen LogP contribution in [0.15, 0.2) is 18.3 Å². The topological polar surface area (TPSA) is 57.4 Å². The lowest BCUT2D eigenvalue weighted by molar-refractivity contribution is 0.0255. The molecule has 0 unspecified atom stereocenters. The molecule has 0 aliphatic carbocycles. The fraction of sp³-hybridized carbons (Fsp3) is 0.545. The molecule has 0 spiro atoms. The van der Waals surface area contributed by atoms with Crippen LogP contribution < -0.4 is 10.5 Å². The van der Waals surface area contributed by atoms with Gasteiger partial charge < -0.3 is 15.2 Å². The standard InChI is InChI=1S/C11H16N2O2/c12-8-9-7-11(1-4-13-9)15-10-2-5-14-6-3-10/h1,4,7,10H,2-3,5-6,8,12H2. The Morgan fingerprint density at radius 2 is 2.27 bits per heavy atom. The first-order valence-electron chi connectivity index (χ1n) is 5.28. The molecular formula is C11H16N2O2. The van der Waals surface area contributed by atoms with Crippen LogP contribution in [0, 0.1) is 0 Å². The molecule has 0 saturated carbocycles. The van der Waals surface area contributed by atoms with E-state index in [9.17, 15) is 0 Å². The van der Waals surface area contributed by atoms with Crippen LogP contribution in [0.2, 0.25) is 0 Å². The van der Waals surface area contributed by atoms with Crippen LogP contribution >= 0.6 is 0 Å². The van der Waals surface area contributed by atoms with Gasteiger partial charge in [0.1, 0.15) is 11.9 Å². The lowest BCUT2D eigenvalue weighted by Crippen LogP contribution is -2.25. The van der Waals surface area contributed by atoms with Crippen molar-refractivity contribution < 1.29 is 9.47 Å². The van der Waals surface area contributed by atoms with Crippen LogP contribution in [0.1, 0.15) is 18.5 Å². The second-order valence-corrected chi connectivity index (χ2v) is 3.62. The summed E-state index contributed by atoms with van der Waals surface area (Å²) in [5, 5.41) is 0. The van der Waals surface area contributed by atoms with Gasteiger partial charge in [0.25, 0.3) is 0 Å². The zero-order chi connectivity index (χ0) is 10.5. The van der Waals surface area contributed by atoms with Gasteiger partial charge in [0.05, 0.1) is 18.9 Å². The molecule has 0 aromatic carbocycles. The van der Waals surface area contributed by atoms with Gasteiger partial charge in [-0.1, -0.05) is 0 Å². The zero-order valence-corrected chi connectivity index (χ0v) is 8.69. The number of hydrogen-bond donors (Lipinski definition) is 1. The highest BCUT2D eigenvalue weighted by molar-refractivity contribution is 5.22. The van der Waals surface area contributed by atoms with Gasteiger partial charge in [-0.3, -0.25) is 4.98 Å². The number of nitrogens with zero attached hydrogens (tertiary/aromatic N) is 1. The highest BCUT2D eigenvalue weighted by Gasteiger charge is 2.15. The fourth-order valence-corrected chi connectivity index (χ4v) is 1.63. The van der Waals surface area contributed by atoms with Gasteiger partial charge >= 0.3 is 0 Å². The summed E-state index contributed by atoms with van der Waals surface area (Å²) in [6, 6.07) is 3.77. The van der Waals surface area contributed by atoms with Gasteiger partial charge in [-0.05, 0) is 6.07 Å². The molecule has 0 amide bonds. The summed E-state index contributed by atoms with van der Waals surface area (Å²) < 4.78 is 11.1. The Morgan fingerprint density at radius 1 is 1.47 bits per heavy atom. The highest BCUT2D eigenvalue weighted by atomic mass is 16.5. The predicted molar refractivity (Wildman–Crippen MR) is 56.6 cm³/mol. The molecule has 1 aliphatic rings. The Morgan fingerprint density at radius 3 is 3.00 bits per heavy atom. The third kappa shape index (κ3) is 2.91. The zero-order valence-electron chi connectivity index (χ0n) is 8.69. The van der Waals surface area contributed by atoms with Crippen molar-refractivity contribution in [2.24, 2.45) is 5.73 Å². The van der Waals surface area contributed by atoms with E-state index in [4.69, 9.17) is 15.2 Å². The lowest BCUT2D eigenvalue weighted by atomic mass is 10.1. The largest absolute Gasteiger partial charge is 0.490 e. The molecule has 2 N–H and O–H groups in total. The van der Waals surface area contributed by atoms with Gasteiger partial charge in [0.15, 0.2) is 0 Å². The van der Waals surface area contributed by atoms with E-state index in [2.05, 4.69) is 4.98 Å². The van der Waals surface area contributed by atoms with Crippen molar-refractivity contribution in [2.45, 2.75) is 25.5 Å². The number of pyridine rings is 1. The van der Waals surface area contributed by atoms with Crippen molar-refractivity contribution in [1.29, 1.82) is 0 Å². The minimum atomic E-state index is 0.270. The first-order chi connectivity index (χ1) is 7.38. The molecule has 1 aliphatic heterocycles. The molecule has 2 rings (SSSR count). The highest BCUT2D eigenvalue weighted by Crippen LogP contribution is 2.17. The number of rotatable bonds is 3. The maximum Gasteiger partial charge on any atom is 0.123 e. The molecule has 0 radical (unpaired) electrons. The average Bonchev–Trinajstić information content (AvgIpc) is 2.31. The summed E-state index contributed by atoms with van der Waals surface area (Å²) >= 11 is 0. The van der Waals surface area contributed by atoms with Gasteiger partial charge in [-0.15, -0.1) is 0 Å². The lowest BCUT2D eigenvalue weighted by Gasteiger charge is -2.23. The third-order valence-electron chi connectivity index (χ3n) is 2.47. The van der Waals surface area contributed by atoms with Crippen molar-refractivity contribution in [3.8, 4) is 5.75 Å². The molecule has 15 heavy (non-hydrogen) atoms. The fourth-order valence-electron chi connectivity index (χ4n) is 1.63. The molecule has 1 aromatic rings. The second kappa shape index (κ2) is 5.09. The maximum absolute atomic E-state index is 5.82. The summed E-state index contributed by atoms with van der Waals surface area (Å²) in [5.41, 5.74) is 6.37.